The van der Waals surface area contributed by atoms with Crippen molar-refractivity contribution in [3.05, 3.63) is 5.82 Å². The molecule has 70 valence electrons. The molecule has 1 aromatic heterocycles. The second-order valence-electron chi connectivity index (χ2n) is 3.14. The molecule has 0 unspecified atom stereocenters. The third kappa shape index (κ3) is 2.51. The van der Waals surface area contributed by atoms with E-state index in [2.05, 4.69) is 9.36 Å². The molecule has 0 saturated heterocycles. The molecule has 0 bridgehead atoms. The van der Waals surface area contributed by atoms with Crippen LogP contribution in [0.2, 0.25) is 0 Å². The maximum absolute atomic E-state index is 11.3. The zero-order chi connectivity index (χ0) is 9.26. The maximum Gasteiger partial charge on any atom is 0.170 e. The van der Waals surface area contributed by atoms with E-state index in [1.807, 2.05) is 6.92 Å². The zero-order valence-electron chi connectivity index (χ0n) is 7.32. The molecule has 0 N–H and O–H groups in total. The van der Waals surface area contributed by atoms with E-state index in [9.17, 15) is 4.79 Å². The molecule has 0 amide bonds. The lowest BCUT2D eigenvalue weighted by Crippen LogP contribution is -2.02. The van der Waals surface area contributed by atoms with Crippen LogP contribution >= 0.6 is 23.3 Å². The second kappa shape index (κ2) is 3.75. The second-order valence-corrected chi connectivity index (χ2v) is 5.11. The van der Waals surface area contributed by atoms with Crippen LogP contribution < -0.4 is 0 Å². The van der Waals surface area contributed by atoms with E-state index >= 15 is 0 Å². The van der Waals surface area contributed by atoms with Crippen LogP contribution in [0.5, 0.6) is 0 Å². The Morgan fingerprint density at radius 2 is 2.46 bits per heavy atom. The maximum atomic E-state index is 11.3. The first kappa shape index (κ1) is 9.15. The molecule has 0 spiro atoms. The molecule has 1 aliphatic rings. The highest BCUT2D eigenvalue weighted by Crippen LogP contribution is 2.32. The number of carbonyl (C=O) groups excluding carboxylic acids is 1. The monoisotopic (exact) mass is 214 g/mol. The third-order valence-electron chi connectivity index (χ3n) is 1.88. The van der Waals surface area contributed by atoms with Crippen molar-refractivity contribution in [2.75, 3.05) is 5.75 Å². The minimum Gasteiger partial charge on any atom is -0.298 e. The third-order valence-corrected chi connectivity index (χ3v) is 3.83. The van der Waals surface area contributed by atoms with Gasteiger partial charge in [-0.2, -0.15) is 4.37 Å². The number of rotatable bonds is 4. The molecule has 0 aromatic carbocycles. The quantitative estimate of drug-likeness (QED) is 0.718. The number of ketones is 1. The molecular weight excluding hydrogens is 204 g/mol. The number of hydrogen-bond acceptors (Lipinski definition) is 5. The van der Waals surface area contributed by atoms with Gasteiger partial charge in [-0.05, 0) is 31.3 Å². The van der Waals surface area contributed by atoms with E-state index in [4.69, 9.17) is 0 Å². The molecular formula is C8H10N2OS2. The van der Waals surface area contributed by atoms with Gasteiger partial charge in [0, 0.05) is 5.92 Å². The van der Waals surface area contributed by atoms with Crippen LogP contribution in [0.4, 0.5) is 0 Å². The SMILES string of the molecule is Cc1nsc(SCC(=O)C2CC2)n1. The fraction of sp³-hybridized carbons (Fsp3) is 0.625. The summed E-state index contributed by atoms with van der Waals surface area (Å²) in [6.45, 7) is 1.86. The number of carbonyl (C=O) groups is 1. The molecule has 0 radical (unpaired) electrons. The van der Waals surface area contributed by atoms with Crippen molar-refractivity contribution in [1.29, 1.82) is 0 Å². The van der Waals surface area contributed by atoms with Crippen molar-refractivity contribution < 1.29 is 4.79 Å². The van der Waals surface area contributed by atoms with Crippen LogP contribution in [0.1, 0.15) is 18.7 Å². The average molecular weight is 214 g/mol. The van der Waals surface area contributed by atoms with E-state index in [0.29, 0.717) is 17.5 Å². The van der Waals surface area contributed by atoms with Gasteiger partial charge in [0.15, 0.2) is 4.34 Å². The number of thioether (sulfide) groups is 1. The first-order valence-electron chi connectivity index (χ1n) is 4.21. The molecule has 3 nitrogen and oxygen atoms in total. The van der Waals surface area contributed by atoms with Gasteiger partial charge in [0.25, 0.3) is 0 Å². The van der Waals surface area contributed by atoms with Gasteiger partial charge in [0.05, 0.1) is 5.75 Å². The molecule has 0 aliphatic heterocycles. The molecule has 2 rings (SSSR count). The summed E-state index contributed by atoms with van der Waals surface area (Å²) in [7, 11) is 0. The van der Waals surface area contributed by atoms with E-state index < -0.39 is 0 Å². The van der Waals surface area contributed by atoms with Gasteiger partial charge in [0.1, 0.15) is 11.6 Å². The predicted molar refractivity (Wildman–Crippen MR) is 53.1 cm³/mol. The van der Waals surface area contributed by atoms with Crippen LogP contribution in [0.15, 0.2) is 4.34 Å². The molecule has 1 aromatic rings. The van der Waals surface area contributed by atoms with Gasteiger partial charge in [-0.15, -0.1) is 0 Å². The lowest BCUT2D eigenvalue weighted by molar-refractivity contribution is -0.117. The molecule has 1 aliphatic carbocycles. The Bertz CT molecular complexity index is 320. The van der Waals surface area contributed by atoms with Gasteiger partial charge in [-0.25, -0.2) is 4.98 Å². The lowest BCUT2D eigenvalue weighted by atomic mass is 10.3. The summed E-state index contributed by atoms with van der Waals surface area (Å²) in [6, 6.07) is 0. The Morgan fingerprint density at radius 3 is 3.00 bits per heavy atom. The molecule has 5 heteroatoms. The Hall–Kier alpha value is -0.420. The standard InChI is InChI=1S/C8H10N2OS2/c1-5-9-8(13-10-5)12-4-7(11)6-2-3-6/h6H,2-4H2,1H3. The summed E-state index contributed by atoms with van der Waals surface area (Å²) < 4.78 is 4.96. The van der Waals surface area contributed by atoms with Gasteiger partial charge >= 0.3 is 0 Å². The molecule has 1 fully saturated rings. The number of aromatic nitrogens is 2. The van der Waals surface area contributed by atoms with Crippen molar-refractivity contribution >= 4 is 29.1 Å². The van der Waals surface area contributed by atoms with Crippen LogP contribution in [-0.2, 0) is 4.79 Å². The highest BCUT2D eigenvalue weighted by atomic mass is 32.2. The molecule has 0 atom stereocenters. The first-order valence-corrected chi connectivity index (χ1v) is 5.97. The fourth-order valence-electron chi connectivity index (χ4n) is 0.993. The van der Waals surface area contributed by atoms with Crippen molar-refractivity contribution in [3.8, 4) is 0 Å². The van der Waals surface area contributed by atoms with Crippen molar-refractivity contribution in [3.63, 3.8) is 0 Å². The van der Waals surface area contributed by atoms with Crippen LogP contribution in [0.3, 0.4) is 0 Å². The summed E-state index contributed by atoms with van der Waals surface area (Å²) in [5.74, 6) is 2.10. The predicted octanol–water partition coefficient (Wildman–Crippen LogP) is 1.92. The summed E-state index contributed by atoms with van der Waals surface area (Å²) in [6.07, 6.45) is 2.18. The Kier molecular flexibility index (Phi) is 2.64. The Labute approximate surface area is 85.1 Å². The first-order chi connectivity index (χ1) is 6.25. The Morgan fingerprint density at radius 1 is 1.69 bits per heavy atom. The van der Waals surface area contributed by atoms with E-state index in [1.165, 1.54) is 23.3 Å². The average Bonchev–Trinajstić information content (AvgIpc) is 2.87. The number of aryl methyl sites for hydroxylation is 1. The van der Waals surface area contributed by atoms with Crippen molar-refractivity contribution in [1.82, 2.24) is 9.36 Å². The van der Waals surface area contributed by atoms with E-state index in [0.717, 1.165) is 23.0 Å². The van der Waals surface area contributed by atoms with Gasteiger partial charge in [-0.3, -0.25) is 4.79 Å². The highest BCUT2D eigenvalue weighted by molar-refractivity contribution is 8.01. The fourth-order valence-corrected chi connectivity index (χ4v) is 2.61. The zero-order valence-corrected chi connectivity index (χ0v) is 8.95. The highest BCUT2D eigenvalue weighted by Gasteiger charge is 2.29. The van der Waals surface area contributed by atoms with Crippen molar-refractivity contribution in [2.24, 2.45) is 5.92 Å². The van der Waals surface area contributed by atoms with Crippen molar-refractivity contribution in [2.45, 2.75) is 24.1 Å². The normalized spacial score (nSPS) is 16.1. The molecule has 1 heterocycles. The largest absolute Gasteiger partial charge is 0.298 e. The van der Waals surface area contributed by atoms with Gasteiger partial charge in [-0.1, -0.05) is 11.8 Å². The molecule has 1 saturated carbocycles. The number of Topliss-reactive ketones (excluding diaryl/α,β-unsaturated/α-hetero) is 1. The minimum atomic E-state index is 0.363. The Balaban J connectivity index is 1.81. The smallest absolute Gasteiger partial charge is 0.170 e. The lowest BCUT2D eigenvalue weighted by Gasteiger charge is -1.93. The summed E-state index contributed by atoms with van der Waals surface area (Å²) in [5.41, 5.74) is 0. The van der Waals surface area contributed by atoms with Crippen LogP contribution in [0.25, 0.3) is 0 Å². The van der Waals surface area contributed by atoms with Crippen LogP contribution in [-0.4, -0.2) is 20.9 Å². The van der Waals surface area contributed by atoms with Gasteiger partial charge < -0.3 is 0 Å². The summed E-state index contributed by atoms with van der Waals surface area (Å²) in [4.78, 5) is 15.5. The topological polar surface area (TPSA) is 42.9 Å². The van der Waals surface area contributed by atoms with E-state index in [1.54, 1.807) is 0 Å². The van der Waals surface area contributed by atoms with E-state index in [-0.39, 0.29) is 0 Å². The minimum absolute atomic E-state index is 0.363. The number of hydrogen-bond donors (Lipinski definition) is 0. The van der Waals surface area contributed by atoms with Crippen LogP contribution in [0, 0.1) is 12.8 Å². The summed E-state index contributed by atoms with van der Waals surface area (Å²) >= 11 is 2.89. The molecule has 13 heavy (non-hydrogen) atoms. The van der Waals surface area contributed by atoms with Gasteiger partial charge in [0.2, 0.25) is 0 Å². The number of nitrogens with zero attached hydrogens (tertiary/aromatic N) is 2. The summed E-state index contributed by atoms with van der Waals surface area (Å²) in [5, 5.41) is 0.